The van der Waals surface area contributed by atoms with E-state index in [4.69, 9.17) is 31.9 Å². The predicted molar refractivity (Wildman–Crippen MR) is 67.5 cm³/mol. The second-order valence-corrected chi connectivity index (χ2v) is 5.70. The molecule has 0 aliphatic rings. The monoisotopic (exact) mass is 307 g/mol. The van der Waals surface area contributed by atoms with Crippen LogP contribution in [0.3, 0.4) is 0 Å². The number of nitrogen functional groups attached to an aromatic ring is 1. The SMILES string of the molecule is CC(OCP(=O)(O)O)n1cnc2c(Cl)nc(N)nc21. The molecule has 19 heavy (non-hydrogen) atoms. The number of hydrogen-bond acceptors (Lipinski definition) is 6. The lowest BCUT2D eigenvalue weighted by Gasteiger charge is -2.15. The van der Waals surface area contributed by atoms with Gasteiger partial charge in [-0.05, 0) is 6.92 Å². The summed E-state index contributed by atoms with van der Waals surface area (Å²) >= 11 is 5.86. The van der Waals surface area contributed by atoms with Crippen LogP contribution in [0.4, 0.5) is 5.95 Å². The fourth-order valence-electron chi connectivity index (χ4n) is 1.45. The minimum atomic E-state index is -4.24. The van der Waals surface area contributed by atoms with E-state index in [0.29, 0.717) is 11.2 Å². The Labute approximate surface area is 112 Å². The summed E-state index contributed by atoms with van der Waals surface area (Å²) < 4.78 is 17.3. The first-order valence-electron chi connectivity index (χ1n) is 5.09. The van der Waals surface area contributed by atoms with Crippen LogP contribution < -0.4 is 5.73 Å². The van der Waals surface area contributed by atoms with Crippen LogP contribution in [-0.2, 0) is 9.30 Å². The van der Waals surface area contributed by atoms with E-state index in [1.807, 2.05) is 0 Å². The smallest absolute Gasteiger partial charge is 0.351 e. The highest BCUT2D eigenvalue weighted by Gasteiger charge is 2.19. The first-order valence-corrected chi connectivity index (χ1v) is 7.27. The van der Waals surface area contributed by atoms with E-state index >= 15 is 0 Å². The van der Waals surface area contributed by atoms with Crippen LogP contribution in [0.15, 0.2) is 6.33 Å². The van der Waals surface area contributed by atoms with Crippen LogP contribution >= 0.6 is 19.2 Å². The van der Waals surface area contributed by atoms with Crippen molar-refractivity contribution in [3.05, 3.63) is 11.5 Å². The van der Waals surface area contributed by atoms with Crippen molar-refractivity contribution in [1.29, 1.82) is 0 Å². The maximum Gasteiger partial charge on any atom is 0.351 e. The molecule has 0 fully saturated rings. The molecule has 104 valence electrons. The van der Waals surface area contributed by atoms with Crippen LogP contribution in [0.25, 0.3) is 11.2 Å². The molecular weight excluding hydrogens is 297 g/mol. The van der Waals surface area contributed by atoms with Gasteiger partial charge >= 0.3 is 7.60 Å². The quantitative estimate of drug-likeness (QED) is 0.555. The maximum atomic E-state index is 10.8. The van der Waals surface area contributed by atoms with Crippen molar-refractivity contribution < 1.29 is 19.1 Å². The number of nitrogens with zero attached hydrogens (tertiary/aromatic N) is 4. The average molecular weight is 308 g/mol. The van der Waals surface area contributed by atoms with Gasteiger partial charge < -0.3 is 20.3 Å². The van der Waals surface area contributed by atoms with Crippen molar-refractivity contribution in [2.75, 3.05) is 12.1 Å². The van der Waals surface area contributed by atoms with Crippen LogP contribution in [0.5, 0.6) is 0 Å². The molecule has 2 rings (SSSR count). The summed E-state index contributed by atoms with van der Waals surface area (Å²) in [5.41, 5.74) is 6.15. The number of fused-ring (bicyclic) bond motifs is 1. The van der Waals surface area contributed by atoms with Crippen LogP contribution in [-0.4, -0.2) is 35.7 Å². The third-order valence-electron chi connectivity index (χ3n) is 2.27. The summed E-state index contributed by atoms with van der Waals surface area (Å²) in [6.45, 7) is 1.59. The van der Waals surface area contributed by atoms with Crippen molar-refractivity contribution in [3.63, 3.8) is 0 Å². The van der Waals surface area contributed by atoms with Gasteiger partial charge in [0.05, 0.1) is 6.33 Å². The van der Waals surface area contributed by atoms with Gasteiger partial charge in [0.25, 0.3) is 0 Å². The molecule has 0 amide bonds. The molecule has 11 heteroatoms. The van der Waals surface area contributed by atoms with E-state index in [-0.39, 0.29) is 11.1 Å². The van der Waals surface area contributed by atoms with Crippen LogP contribution in [0, 0.1) is 0 Å². The van der Waals surface area contributed by atoms with Gasteiger partial charge in [-0.25, -0.2) is 4.98 Å². The Kier molecular flexibility index (Phi) is 3.75. The van der Waals surface area contributed by atoms with Gasteiger partial charge in [-0.2, -0.15) is 9.97 Å². The number of nitrogens with two attached hydrogens (primary N) is 1. The zero-order chi connectivity index (χ0) is 14.2. The van der Waals surface area contributed by atoms with Crippen molar-refractivity contribution in [1.82, 2.24) is 19.5 Å². The van der Waals surface area contributed by atoms with E-state index < -0.39 is 20.2 Å². The number of rotatable bonds is 4. The molecule has 9 nitrogen and oxygen atoms in total. The third kappa shape index (κ3) is 3.20. The van der Waals surface area contributed by atoms with Gasteiger partial charge in [-0.3, -0.25) is 9.13 Å². The highest BCUT2D eigenvalue weighted by molar-refractivity contribution is 7.51. The summed E-state index contributed by atoms with van der Waals surface area (Å²) in [7, 11) is -4.24. The highest BCUT2D eigenvalue weighted by Crippen LogP contribution is 2.35. The zero-order valence-corrected chi connectivity index (χ0v) is 11.4. The minimum Gasteiger partial charge on any atom is -0.368 e. The van der Waals surface area contributed by atoms with E-state index in [9.17, 15) is 4.57 Å². The van der Waals surface area contributed by atoms with E-state index in [1.165, 1.54) is 10.9 Å². The number of aromatic nitrogens is 4. The average Bonchev–Trinajstić information content (AvgIpc) is 2.68. The Morgan fingerprint density at radius 2 is 2.26 bits per heavy atom. The highest BCUT2D eigenvalue weighted by atomic mass is 35.5. The Morgan fingerprint density at radius 3 is 2.89 bits per heavy atom. The first-order chi connectivity index (χ1) is 8.78. The van der Waals surface area contributed by atoms with E-state index in [2.05, 4.69) is 15.0 Å². The second-order valence-electron chi connectivity index (χ2n) is 3.76. The molecule has 2 heterocycles. The normalized spacial score (nSPS) is 13.9. The minimum absolute atomic E-state index is 0.0264. The Bertz CT molecular complexity index is 656. The lowest BCUT2D eigenvalue weighted by atomic mass is 10.5. The van der Waals surface area contributed by atoms with Gasteiger partial charge in [0, 0.05) is 0 Å². The number of imidazole rings is 1. The van der Waals surface area contributed by atoms with Gasteiger partial charge in [0.2, 0.25) is 5.95 Å². The standard InChI is InChI=1S/C8H11ClN5O4P/c1-4(18-3-19(15,16)17)14-2-11-5-6(9)12-8(10)13-7(5)14/h2,4H,3H2,1H3,(H2,10,12,13)(H2,15,16,17). The molecule has 0 saturated heterocycles. The molecule has 0 radical (unpaired) electrons. The molecule has 0 aromatic carbocycles. The molecule has 0 aliphatic heterocycles. The van der Waals surface area contributed by atoms with Crippen LogP contribution in [0.2, 0.25) is 5.15 Å². The Balaban J connectivity index is 2.32. The number of halogens is 1. The van der Waals surface area contributed by atoms with Crippen molar-refractivity contribution in [3.8, 4) is 0 Å². The molecule has 0 saturated carbocycles. The lowest BCUT2D eigenvalue weighted by molar-refractivity contribution is 0.0392. The first kappa shape index (κ1) is 14.2. The Hall–Kier alpha value is -1.25. The van der Waals surface area contributed by atoms with Crippen molar-refractivity contribution in [2.45, 2.75) is 13.2 Å². The molecule has 4 N–H and O–H groups in total. The summed E-state index contributed by atoms with van der Waals surface area (Å²) in [4.78, 5) is 29.2. The molecule has 0 aliphatic carbocycles. The lowest BCUT2D eigenvalue weighted by Crippen LogP contribution is -2.10. The molecule has 2 aromatic rings. The summed E-state index contributed by atoms with van der Waals surface area (Å²) in [6, 6.07) is 0. The number of anilines is 1. The van der Waals surface area contributed by atoms with E-state index in [0.717, 1.165) is 0 Å². The molecule has 0 spiro atoms. The maximum absolute atomic E-state index is 10.8. The molecule has 2 aromatic heterocycles. The van der Waals surface area contributed by atoms with Gasteiger partial charge in [-0.1, -0.05) is 11.6 Å². The fraction of sp³-hybridized carbons (Fsp3) is 0.375. The Morgan fingerprint density at radius 1 is 1.58 bits per heavy atom. The van der Waals surface area contributed by atoms with Gasteiger partial charge in [0.15, 0.2) is 17.1 Å². The van der Waals surface area contributed by atoms with Crippen molar-refractivity contribution >= 4 is 36.3 Å². The topological polar surface area (TPSA) is 136 Å². The second kappa shape index (κ2) is 5.03. The summed E-state index contributed by atoms with van der Waals surface area (Å²) in [6.07, 6.45) is -0.0139. The molecular formula is C8H11ClN5O4P. The van der Waals surface area contributed by atoms with E-state index in [1.54, 1.807) is 6.92 Å². The van der Waals surface area contributed by atoms with Gasteiger partial charge in [0.1, 0.15) is 11.7 Å². The van der Waals surface area contributed by atoms with Crippen LogP contribution in [0.1, 0.15) is 13.2 Å². The molecule has 0 bridgehead atoms. The van der Waals surface area contributed by atoms with Crippen molar-refractivity contribution in [2.24, 2.45) is 0 Å². The molecule has 1 unspecified atom stereocenters. The predicted octanol–water partition coefficient (Wildman–Crippen LogP) is 0.732. The number of hydrogen-bond donors (Lipinski definition) is 3. The summed E-state index contributed by atoms with van der Waals surface area (Å²) in [5.74, 6) is -0.0264. The molecule has 1 atom stereocenters. The number of ether oxygens (including phenoxy) is 1. The third-order valence-corrected chi connectivity index (χ3v) is 3.02. The largest absolute Gasteiger partial charge is 0.368 e. The fourth-order valence-corrected chi connectivity index (χ4v) is 2.08. The van der Waals surface area contributed by atoms with Gasteiger partial charge in [-0.15, -0.1) is 0 Å². The summed E-state index contributed by atoms with van der Waals surface area (Å²) in [5, 5.41) is 0.100. The zero-order valence-electron chi connectivity index (χ0n) is 9.76.